The van der Waals surface area contributed by atoms with Crippen LogP contribution in [0.15, 0.2) is 22.7 Å². The smallest absolute Gasteiger partial charge is 0.284 e. The van der Waals surface area contributed by atoms with Crippen molar-refractivity contribution in [1.29, 1.82) is 0 Å². The molecule has 2 rings (SSSR count). The molecular formula is C14H17BrN2O4. The number of nitro benzene ring substituents is 1. The molecule has 2 atom stereocenters. The summed E-state index contributed by atoms with van der Waals surface area (Å²) >= 11 is 3.09. The van der Waals surface area contributed by atoms with E-state index in [1.807, 2.05) is 0 Å². The van der Waals surface area contributed by atoms with Gasteiger partial charge in [0.15, 0.2) is 0 Å². The van der Waals surface area contributed by atoms with Crippen LogP contribution < -0.4 is 5.32 Å². The summed E-state index contributed by atoms with van der Waals surface area (Å²) in [6.45, 7) is 0.637. The molecule has 0 heterocycles. The molecule has 2 unspecified atom stereocenters. The van der Waals surface area contributed by atoms with Gasteiger partial charge in [0, 0.05) is 24.8 Å². The number of amides is 1. The summed E-state index contributed by atoms with van der Waals surface area (Å²) < 4.78 is 0.347. The molecule has 1 fully saturated rings. The number of benzene rings is 1. The second kappa shape index (κ2) is 7.00. The van der Waals surface area contributed by atoms with Crippen molar-refractivity contribution in [2.24, 2.45) is 11.8 Å². The summed E-state index contributed by atoms with van der Waals surface area (Å²) in [5.41, 5.74) is 0.139. The standard InChI is InChI=1S/C14H17BrN2O4/c15-12-5-4-9(6-13(12)17(20)21)14(19)16-7-10-2-1-3-11(10)8-18/h4-6,10-11,18H,1-3,7-8H2,(H,16,19). The highest BCUT2D eigenvalue weighted by atomic mass is 79.9. The Morgan fingerprint density at radius 1 is 1.43 bits per heavy atom. The number of aliphatic hydroxyl groups excluding tert-OH is 1. The first kappa shape index (κ1) is 15.9. The van der Waals surface area contributed by atoms with E-state index in [0.717, 1.165) is 19.3 Å². The molecule has 1 aliphatic rings. The molecule has 114 valence electrons. The second-order valence-electron chi connectivity index (χ2n) is 5.27. The van der Waals surface area contributed by atoms with Crippen molar-refractivity contribution in [2.75, 3.05) is 13.2 Å². The van der Waals surface area contributed by atoms with Gasteiger partial charge in [-0.25, -0.2) is 0 Å². The molecule has 21 heavy (non-hydrogen) atoms. The predicted molar refractivity (Wildman–Crippen MR) is 81.0 cm³/mol. The van der Waals surface area contributed by atoms with Crippen molar-refractivity contribution in [3.8, 4) is 0 Å². The van der Waals surface area contributed by atoms with Gasteiger partial charge in [-0.3, -0.25) is 14.9 Å². The Labute approximate surface area is 130 Å². The largest absolute Gasteiger partial charge is 0.396 e. The lowest BCUT2D eigenvalue weighted by Crippen LogP contribution is -2.31. The third kappa shape index (κ3) is 3.79. The molecule has 1 aromatic rings. The highest BCUT2D eigenvalue weighted by molar-refractivity contribution is 9.10. The molecule has 0 saturated heterocycles. The van der Waals surface area contributed by atoms with Crippen LogP contribution in [0.4, 0.5) is 5.69 Å². The number of rotatable bonds is 5. The fourth-order valence-corrected chi connectivity index (χ4v) is 3.13. The molecule has 1 aromatic carbocycles. The van der Waals surface area contributed by atoms with Crippen molar-refractivity contribution < 1.29 is 14.8 Å². The van der Waals surface area contributed by atoms with Crippen LogP contribution in [0.1, 0.15) is 29.6 Å². The van der Waals surface area contributed by atoms with E-state index in [1.165, 1.54) is 12.1 Å². The highest BCUT2D eigenvalue weighted by Crippen LogP contribution is 2.31. The average Bonchev–Trinajstić information content (AvgIpc) is 2.92. The van der Waals surface area contributed by atoms with Gasteiger partial charge in [-0.15, -0.1) is 0 Å². The predicted octanol–water partition coefficient (Wildman–Crippen LogP) is 2.50. The Hall–Kier alpha value is -1.47. The first-order valence-electron chi connectivity index (χ1n) is 6.86. The maximum atomic E-state index is 12.1. The quantitative estimate of drug-likeness (QED) is 0.626. The van der Waals surface area contributed by atoms with E-state index in [9.17, 15) is 20.0 Å². The average molecular weight is 357 g/mol. The molecule has 1 amide bonds. The third-order valence-electron chi connectivity index (χ3n) is 3.98. The van der Waals surface area contributed by atoms with Crippen molar-refractivity contribution in [1.82, 2.24) is 5.32 Å². The van der Waals surface area contributed by atoms with Gasteiger partial charge in [-0.05, 0) is 52.7 Å². The van der Waals surface area contributed by atoms with Crippen LogP contribution in [-0.2, 0) is 0 Å². The van der Waals surface area contributed by atoms with E-state index in [1.54, 1.807) is 6.07 Å². The maximum absolute atomic E-state index is 12.1. The van der Waals surface area contributed by atoms with Gasteiger partial charge in [-0.1, -0.05) is 6.42 Å². The zero-order valence-electron chi connectivity index (χ0n) is 11.4. The van der Waals surface area contributed by atoms with Crippen molar-refractivity contribution in [2.45, 2.75) is 19.3 Å². The molecule has 0 spiro atoms. The summed E-state index contributed by atoms with van der Waals surface area (Å²) in [5, 5.41) is 22.9. The fraction of sp³-hybridized carbons (Fsp3) is 0.500. The van der Waals surface area contributed by atoms with Crippen LogP contribution in [0.5, 0.6) is 0 Å². The normalized spacial score (nSPS) is 21.2. The van der Waals surface area contributed by atoms with Gasteiger partial charge in [0.05, 0.1) is 9.40 Å². The van der Waals surface area contributed by atoms with Crippen LogP contribution in [0.2, 0.25) is 0 Å². The lowest BCUT2D eigenvalue weighted by Gasteiger charge is -2.17. The number of halogens is 1. The number of hydrogen-bond acceptors (Lipinski definition) is 4. The lowest BCUT2D eigenvalue weighted by molar-refractivity contribution is -0.385. The number of nitro groups is 1. The van der Waals surface area contributed by atoms with Crippen LogP contribution in [0.25, 0.3) is 0 Å². The van der Waals surface area contributed by atoms with Gasteiger partial charge < -0.3 is 10.4 Å². The van der Waals surface area contributed by atoms with Gasteiger partial charge >= 0.3 is 0 Å². The molecule has 6 nitrogen and oxygen atoms in total. The first-order valence-corrected chi connectivity index (χ1v) is 7.65. The van der Waals surface area contributed by atoms with E-state index in [-0.39, 0.29) is 35.6 Å². The molecule has 0 radical (unpaired) electrons. The topological polar surface area (TPSA) is 92.5 Å². The van der Waals surface area contributed by atoms with Gasteiger partial charge in [0.25, 0.3) is 11.6 Å². The molecule has 1 saturated carbocycles. The monoisotopic (exact) mass is 356 g/mol. The number of carbonyl (C=O) groups is 1. The molecule has 0 bridgehead atoms. The summed E-state index contributed by atoms with van der Waals surface area (Å²) in [4.78, 5) is 22.4. The lowest BCUT2D eigenvalue weighted by atomic mass is 9.97. The second-order valence-corrected chi connectivity index (χ2v) is 6.12. The number of nitrogens with zero attached hydrogens (tertiary/aromatic N) is 1. The van der Waals surface area contributed by atoms with E-state index >= 15 is 0 Å². The first-order chi connectivity index (χ1) is 10.0. The fourth-order valence-electron chi connectivity index (χ4n) is 2.74. The number of hydrogen-bond donors (Lipinski definition) is 2. The molecule has 0 aromatic heterocycles. The van der Waals surface area contributed by atoms with Crippen LogP contribution in [0, 0.1) is 22.0 Å². The summed E-state index contributed by atoms with van der Waals surface area (Å²) in [7, 11) is 0. The zero-order chi connectivity index (χ0) is 15.4. The Balaban J connectivity index is 2.00. The van der Waals surface area contributed by atoms with Gasteiger partial charge in [-0.2, -0.15) is 0 Å². The minimum atomic E-state index is -0.528. The molecule has 7 heteroatoms. The van der Waals surface area contributed by atoms with Gasteiger partial charge in [0.1, 0.15) is 0 Å². The van der Waals surface area contributed by atoms with Crippen LogP contribution in [0.3, 0.4) is 0 Å². The Bertz CT molecular complexity index is 550. The maximum Gasteiger partial charge on any atom is 0.284 e. The van der Waals surface area contributed by atoms with Crippen LogP contribution >= 0.6 is 15.9 Å². The van der Waals surface area contributed by atoms with Crippen molar-refractivity contribution in [3.63, 3.8) is 0 Å². The summed E-state index contributed by atoms with van der Waals surface area (Å²) in [5.74, 6) is 0.197. The Kier molecular flexibility index (Phi) is 5.30. The van der Waals surface area contributed by atoms with Crippen LogP contribution in [-0.4, -0.2) is 29.1 Å². The van der Waals surface area contributed by atoms with Crippen molar-refractivity contribution >= 4 is 27.5 Å². The van der Waals surface area contributed by atoms with E-state index in [4.69, 9.17) is 0 Å². The molecule has 0 aliphatic heterocycles. The zero-order valence-corrected chi connectivity index (χ0v) is 13.0. The summed E-state index contributed by atoms with van der Waals surface area (Å²) in [6, 6.07) is 4.31. The SMILES string of the molecule is O=C(NCC1CCCC1CO)c1ccc(Br)c([N+](=O)[O-])c1. The third-order valence-corrected chi connectivity index (χ3v) is 4.65. The number of nitrogens with one attached hydrogen (secondary N) is 1. The minimum absolute atomic E-state index is 0.128. The molecule has 2 N–H and O–H groups in total. The van der Waals surface area contributed by atoms with Crippen molar-refractivity contribution in [3.05, 3.63) is 38.3 Å². The van der Waals surface area contributed by atoms with Gasteiger partial charge in [0.2, 0.25) is 0 Å². The summed E-state index contributed by atoms with van der Waals surface area (Å²) in [6.07, 6.45) is 3.04. The molecular weight excluding hydrogens is 340 g/mol. The van der Waals surface area contributed by atoms with E-state index in [0.29, 0.717) is 11.0 Å². The highest BCUT2D eigenvalue weighted by Gasteiger charge is 2.27. The number of carbonyl (C=O) groups excluding carboxylic acids is 1. The number of aliphatic hydroxyl groups is 1. The van der Waals surface area contributed by atoms with E-state index < -0.39 is 4.92 Å². The molecule has 1 aliphatic carbocycles. The van der Waals surface area contributed by atoms with E-state index in [2.05, 4.69) is 21.2 Å². The Morgan fingerprint density at radius 2 is 2.14 bits per heavy atom. The minimum Gasteiger partial charge on any atom is -0.396 e. The Morgan fingerprint density at radius 3 is 2.81 bits per heavy atom.